The molecule has 1 aliphatic carbocycles. The Balaban J connectivity index is 0.952. The molecule has 0 amide bonds. The highest BCUT2D eigenvalue weighted by atomic mass is 32.1. The van der Waals surface area contributed by atoms with E-state index in [1.807, 2.05) is 70.4 Å². The van der Waals surface area contributed by atoms with E-state index in [1.54, 1.807) is 0 Å². The van der Waals surface area contributed by atoms with Gasteiger partial charge in [-0.25, -0.2) is 15.0 Å². The number of aromatic nitrogens is 3. The van der Waals surface area contributed by atoms with Crippen molar-refractivity contribution in [2.24, 2.45) is 0 Å². The van der Waals surface area contributed by atoms with E-state index in [-0.39, 0.29) is 0 Å². The fourth-order valence-corrected chi connectivity index (χ4v) is 12.2. The van der Waals surface area contributed by atoms with Gasteiger partial charge in [-0.15, -0.1) is 34.0 Å². The molecule has 4 heterocycles. The summed E-state index contributed by atoms with van der Waals surface area (Å²) in [5.74, 6) is 2.44. The Morgan fingerprint density at radius 3 is 1.74 bits per heavy atom. The summed E-state index contributed by atoms with van der Waals surface area (Å²) in [5, 5.41) is 6.59. The lowest BCUT2D eigenvalue weighted by molar-refractivity contribution is 0.803. The van der Waals surface area contributed by atoms with Gasteiger partial charge in [-0.1, -0.05) is 116 Å². The highest BCUT2D eigenvalue weighted by molar-refractivity contribution is 7.26. The minimum Gasteiger partial charge on any atom is -0.208 e. The first kappa shape index (κ1) is 33.8. The van der Waals surface area contributed by atoms with E-state index in [1.165, 1.54) is 83.1 Å². The number of benzene rings is 7. The fourth-order valence-electron chi connectivity index (χ4n) is 8.70. The van der Waals surface area contributed by atoms with E-state index in [2.05, 4.69) is 134 Å². The van der Waals surface area contributed by atoms with Crippen LogP contribution in [0, 0.1) is 0 Å². The zero-order valence-electron chi connectivity index (χ0n) is 31.4. The zero-order chi connectivity index (χ0) is 38.3. The molecular weight excluding hydrogens is 763 g/mol. The van der Waals surface area contributed by atoms with E-state index in [4.69, 9.17) is 15.0 Å². The first-order valence-electron chi connectivity index (χ1n) is 19.6. The van der Waals surface area contributed by atoms with E-state index >= 15 is 0 Å². The van der Waals surface area contributed by atoms with Crippen LogP contribution in [0.5, 0.6) is 0 Å². The molecule has 58 heavy (non-hydrogen) atoms. The normalized spacial score (nSPS) is 14.2. The van der Waals surface area contributed by atoms with Gasteiger partial charge in [0.15, 0.2) is 17.5 Å². The van der Waals surface area contributed by atoms with Gasteiger partial charge in [-0.05, 0) is 94.8 Å². The maximum atomic E-state index is 5.04. The summed E-state index contributed by atoms with van der Waals surface area (Å²) in [6, 6.07) is 56.8. The molecule has 1 atom stereocenters. The van der Waals surface area contributed by atoms with Crippen LogP contribution in [-0.2, 0) is 0 Å². The van der Waals surface area contributed by atoms with Crippen molar-refractivity contribution < 1.29 is 0 Å². The van der Waals surface area contributed by atoms with Gasteiger partial charge in [0.2, 0.25) is 0 Å². The number of fused-ring (bicyclic) bond motifs is 9. The second-order valence-corrected chi connectivity index (χ2v) is 18.4. The molecule has 0 saturated heterocycles. The monoisotopic (exact) mass is 795 g/mol. The summed E-state index contributed by atoms with van der Waals surface area (Å²) < 4.78 is 6.65. The molecule has 1 aliphatic rings. The standard InChI is InChI=1S/C52H33N3S3/c1-30-25-36(33-19-22-46-41(26-33)39-17-10-16-37(49(39)58-46)34-20-23-45-40(27-34)38-15-8-9-18-44(38)56-45)29-43-42-28-35(21-24-47(42)57-48(30)43)52-54-50(31-11-4-2-5-12-31)53-51(55-52)32-13-6-3-7-14-32/h2-24,26-30H,25H2,1H3. The van der Waals surface area contributed by atoms with Crippen molar-refractivity contribution in [2.75, 3.05) is 0 Å². The molecule has 0 spiro atoms. The summed E-state index contributed by atoms with van der Waals surface area (Å²) in [5.41, 5.74) is 9.52. The number of nitrogens with zero attached hydrogens (tertiary/aromatic N) is 3. The van der Waals surface area contributed by atoms with Crippen LogP contribution < -0.4 is 0 Å². The summed E-state index contributed by atoms with van der Waals surface area (Å²) in [6.07, 6.45) is 3.46. The van der Waals surface area contributed by atoms with Crippen LogP contribution in [0.2, 0.25) is 0 Å². The minimum atomic E-state index is 0.409. The van der Waals surface area contributed by atoms with Gasteiger partial charge in [-0.3, -0.25) is 0 Å². The smallest absolute Gasteiger partial charge is 0.164 e. The summed E-state index contributed by atoms with van der Waals surface area (Å²) >= 11 is 5.70. The molecule has 0 bridgehead atoms. The molecule has 0 N–H and O–H groups in total. The summed E-state index contributed by atoms with van der Waals surface area (Å²) in [4.78, 5) is 16.5. The van der Waals surface area contributed by atoms with Gasteiger partial charge >= 0.3 is 0 Å². The van der Waals surface area contributed by atoms with Gasteiger partial charge in [0, 0.05) is 72.0 Å². The lowest BCUT2D eigenvalue weighted by Gasteiger charge is -2.20. The largest absolute Gasteiger partial charge is 0.208 e. The highest BCUT2D eigenvalue weighted by Crippen LogP contribution is 2.48. The number of thiophene rings is 3. The molecule has 274 valence electrons. The molecule has 0 saturated carbocycles. The van der Waals surface area contributed by atoms with Crippen LogP contribution in [0.1, 0.15) is 35.3 Å². The van der Waals surface area contributed by atoms with Crippen molar-refractivity contribution in [3.63, 3.8) is 0 Å². The molecule has 6 heteroatoms. The van der Waals surface area contributed by atoms with Crippen LogP contribution in [-0.4, -0.2) is 15.0 Å². The van der Waals surface area contributed by atoms with Crippen molar-refractivity contribution in [1.82, 2.24) is 15.0 Å². The van der Waals surface area contributed by atoms with Crippen molar-refractivity contribution in [3.8, 4) is 45.3 Å². The number of hydrogen-bond donors (Lipinski definition) is 0. The predicted molar refractivity (Wildman–Crippen MR) is 250 cm³/mol. The van der Waals surface area contributed by atoms with Crippen LogP contribution in [0.3, 0.4) is 0 Å². The van der Waals surface area contributed by atoms with Crippen LogP contribution in [0.4, 0.5) is 0 Å². The Bertz CT molecular complexity index is 3390. The molecule has 0 radical (unpaired) electrons. The highest BCUT2D eigenvalue weighted by Gasteiger charge is 2.25. The predicted octanol–water partition coefficient (Wildman–Crippen LogP) is 15.5. The Morgan fingerprint density at radius 1 is 0.431 bits per heavy atom. The van der Waals surface area contributed by atoms with Crippen molar-refractivity contribution in [2.45, 2.75) is 19.3 Å². The molecule has 11 aromatic rings. The first-order chi connectivity index (χ1) is 28.6. The SMILES string of the molecule is CC1CC(c2ccc3sc4c(-c5ccc6sc7ccccc7c6c5)cccc4c3c2)=Cc2c1sc1ccc(-c3nc(-c4ccccc4)nc(-c4ccccc4)n3)cc21. The quantitative estimate of drug-likeness (QED) is 0.174. The van der Waals surface area contributed by atoms with Crippen molar-refractivity contribution >= 4 is 96.1 Å². The second-order valence-electron chi connectivity index (χ2n) is 15.2. The molecule has 0 aliphatic heterocycles. The lowest BCUT2D eigenvalue weighted by atomic mass is 9.85. The summed E-state index contributed by atoms with van der Waals surface area (Å²) in [7, 11) is 0. The Hall–Kier alpha value is -6.31. The molecule has 7 aromatic carbocycles. The van der Waals surface area contributed by atoms with E-state index in [0.717, 1.165) is 23.1 Å². The van der Waals surface area contributed by atoms with Gasteiger partial charge in [-0.2, -0.15) is 0 Å². The zero-order valence-corrected chi connectivity index (χ0v) is 33.9. The van der Waals surface area contributed by atoms with Gasteiger partial charge in [0.1, 0.15) is 0 Å². The summed E-state index contributed by atoms with van der Waals surface area (Å²) in [6.45, 7) is 2.38. The van der Waals surface area contributed by atoms with E-state index < -0.39 is 0 Å². The third-order valence-corrected chi connectivity index (χ3v) is 15.4. The maximum absolute atomic E-state index is 5.04. The first-order valence-corrected chi connectivity index (χ1v) is 22.1. The fraction of sp³-hybridized carbons (Fsp3) is 0.0577. The van der Waals surface area contributed by atoms with Crippen LogP contribution in [0.15, 0.2) is 158 Å². The molecular formula is C52H33N3S3. The van der Waals surface area contributed by atoms with Crippen LogP contribution in [0.25, 0.3) is 107 Å². The number of rotatable bonds is 5. The maximum Gasteiger partial charge on any atom is 0.164 e. The molecule has 1 unspecified atom stereocenters. The lowest BCUT2D eigenvalue weighted by Crippen LogP contribution is -2.01. The topological polar surface area (TPSA) is 38.7 Å². The van der Waals surface area contributed by atoms with Crippen molar-refractivity contribution in [3.05, 3.63) is 174 Å². The van der Waals surface area contributed by atoms with E-state index in [0.29, 0.717) is 23.4 Å². The average molecular weight is 796 g/mol. The number of allylic oxidation sites excluding steroid dienone is 1. The molecule has 12 rings (SSSR count). The third kappa shape index (κ3) is 5.55. The van der Waals surface area contributed by atoms with E-state index in [9.17, 15) is 0 Å². The Labute approximate surface area is 347 Å². The van der Waals surface area contributed by atoms with Gasteiger partial charge in [0.05, 0.1) is 0 Å². The average Bonchev–Trinajstić information content (AvgIpc) is 3.98. The number of hydrogen-bond acceptors (Lipinski definition) is 6. The minimum absolute atomic E-state index is 0.409. The molecule has 0 fully saturated rings. The third-order valence-electron chi connectivity index (χ3n) is 11.6. The van der Waals surface area contributed by atoms with Crippen LogP contribution >= 0.6 is 34.0 Å². The van der Waals surface area contributed by atoms with Gasteiger partial charge < -0.3 is 0 Å². The van der Waals surface area contributed by atoms with Gasteiger partial charge in [0.25, 0.3) is 0 Å². The Kier molecular flexibility index (Phi) is 7.80. The Morgan fingerprint density at radius 2 is 0.983 bits per heavy atom. The second kappa shape index (κ2) is 13.4. The van der Waals surface area contributed by atoms with Crippen molar-refractivity contribution in [1.29, 1.82) is 0 Å². The molecule has 4 aromatic heterocycles. The molecule has 3 nitrogen and oxygen atoms in total.